The Morgan fingerprint density at radius 1 is 0.850 bits per heavy atom. The summed E-state index contributed by atoms with van der Waals surface area (Å²) in [4.78, 5) is 42.9. The molecule has 2 saturated heterocycles. The van der Waals surface area contributed by atoms with Gasteiger partial charge in [0.1, 0.15) is 5.60 Å². The molecule has 1 unspecified atom stereocenters. The highest BCUT2D eigenvalue weighted by atomic mass is 19.4. The number of hydrogen-bond donors (Lipinski definition) is 2. The van der Waals surface area contributed by atoms with Crippen LogP contribution in [-0.2, 0) is 19.1 Å². The van der Waals surface area contributed by atoms with Gasteiger partial charge in [0, 0.05) is 37.2 Å². The Morgan fingerprint density at radius 3 is 1.98 bits per heavy atom. The fourth-order valence-corrected chi connectivity index (χ4v) is 3.54. The lowest BCUT2D eigenvalue weighted by Crippen LogP contribution is -2.60. The first-order valence-electron chi connectivity index (χ1n) is 11.3. The standard InChI is InChI=1S/C19H22N4O3.2C2HF3O2/c24-18(16-3-6-20-7-4-16)23-9-11-26-19(14-23)13-22(8-10-25-15-19)17-2-1-5-21-12-17;2*3-2(4,5)1(6)7/h1-7,12H,8-11,13-15H2;2*(H,6,7). The van der Waals surface area contributed by atoms with Gasteiger partial charge in [-0.25, -0.2) is 9.59 Å². The Bertz CT molecular complexity index is 1100. The lowest BCUT2D eigenvalue weighted by molar-refractivity contribution is -0.193. The average molecular weight is 582 g/mol. The number of aromatic nitrogens is 2. The number of aliphatic carboxylic acids is 2. The molecule has 1 atom stereocenters. The molecule has 17 heteroatoms. The largest absolute Gasteiger partial charge is 0.490 e. The fourth-order valence-electron chi connectivity index (χ4n) is 3.54. The van der Waals surface area contributed by atoms with E-state index in [0.29, 0.717) is 45.0 Å². The Kier molecular flexibility index (Phi) is 11.2. The molecule has 2 N–H and O–H groups in total. The van der Waals surface area contributed by atoms with Crippen LogP contribution >= 0.6 is 0 Å². The average Bonchev–Trinajstić information content (AvgIpc) is 3.11. The van der Waals surface area contributed by atoms with Crippen LogP contribution < -0.4 is 4.90 Å². The highest BCUT2D eigenvalue weighted by Crippen LogP contribution is 2.26. The van der Waals surface area contributed by atoms with Gasteiger partial charge in [0.05, 0.1) is 44.8 Å². The van der Waals surface area contributed by atoms with E-state index >= 15 is 0 Å². The molecule has 0 saturated carbocycles. The molecule has 0 bridgehead atoms. The van der Waals surface area contributed by atoms with Crippen molar-refractivity contribution in [3.63, 3.8) is 0 Å². The van der Waals surface area contributed by atoms with Crippen LogP contribution in [0.5, 0.6) is 0 Å². The molecule has 1 amide bonds. The first-order valence-corrected chi connectivity index (χ1v) is 11.3. The van der Waals surface area contributed by atoms with Gasteiger partial charge in [-0.1, -0.05) is 0 Å². The van der Waals surface area contributed by atoms with Crippen LogP contribution in [0.3, 0.4) is 0 Å². The summed E-state index contributed by atoms with van der Waals surface area (Å²) in [6.07, 6.45) is -3.27. The third kappa shape index (κ3) is 9.96. The number of carbonyl (C=O) groups excluding carboxylic acids is 1. The van der Waals surface area contributed by atoms with E-state index in [4.69, 9.17) is 29.3 Å². The van der Waals surface area contributed by atoms with Crippen molar-refractivity contribution in [1.82, 2.24) is 14.9 Å². The molecule has 4 heterocycles. The van der Waals surface area contributed by atoms with Gasteiger partial charge in [0.2, 0.25) is 0 Å². The molecule has 0 aromatic carbocycles. The summed E-state index contributed by atoms with van der Waals surface area (Å²) in [6, 6.07) is 7.45. The number of nitrogens with zero attached hydrogens (tertiary/aromatic N) is 4. The van der Waals surface area contributed by atoms with E-state index in [-0.39, 0.29) is 5.91 Å². The van der Waals surface area contributed by atoms with E-state index < -0.39 is 29.9 Å². The minimum atomic E-state index is -5.08. The number of alkyl halides is 6. The van der Waals surface area contributed by atoms with Crippen molar-refractivity contribution in [1.29, 1.82) is 0 Å². The summed E-state index contributed by atoms with van der Waals surface area (Å²) in [5, 5.41) is 14.2. The molecule has 2 aromatic rings. The van der Waals surface area contributed by atoms with Crippen molar-refractivity contribution in [3.05, 3.63) is 54.6 Å². The number of morpholine rings is 1. The molecule has 11 nitrogen and oxygen atoms in total. The van der Waals surface area contributed by atoms with Crippen molar-refractivity contribution in [2.75, 3.05) is 50.9 Å². The SMILES string of the molecule is O=C(O)C(F)(F)F.O=C(O)C(F)(F)F.O=C(c1ccncc1)N1CCOC2(COCCN(c3cccnc3)C2)C1. The van der Waals surface area contributed by atoms with Gasteiger partial charge in [-0.3, -0.25) is 14.8 Å². The number of amides is 1. The quantitative estimate of drug-likeness (QED) is 0.507. The molecule has 40 heavy (non-hydrogen) atoms. The maximum absolute atomic E-state index is 12.8. The van der Waals surface area contributed by atoms with Crippen molar-refractivity contribution in [2.24, 2.45) is 0 Å². The monoisotopic (exact) mass is 582 g/mol. The fraction of sp³-hybridized carbons (Fsp3) is 0.435. The molecular formula is C23H24F6N4O7. The van der Waals surface area contributed by atoms with Crippen LogP contribution in [0.1, 0.15) is 10.4 Å². The number of halogens is 6. The zero-order chi connectivity index (χ0) is 30.0. The van der Waals surface area contributed by atoms with Gasteiger partial charge < -0.3 is 29.5 Å². The zero-order valence-corrected chi connectivity index (χ0v) is 20.6. The van der Waals surface area contributed by atoms with Crippen molar-refractivity contribution in [3.8, 4) is 0 Å². The molecule has 2 aliphatic rings. The molecule has 220 valence electrons. The summed E-state index contributed by atoms with van der Waals surface area (Å²) < 4.78 is 75.5. The lowest BCUT2D eigenvalue weighted by atomic mass is 10.0. The number of anilines is 1. The summed E-state index contributed by atoms with van der Waals surface area (Å²) in [7, 11) is 0. The van der Waals surface area contributed by atoms with Crippen LogP contribution in [-0.4, -0.2) is 107 Å². The predicted molar refractivity (Wildman–Crippen MR) is 123 cm³/mol. The first kappa shape index (κ1) is 32.2. The van der Waals surface area contributed by atoms with E-state index in [2.05, 4.69) is 14.9 Å². The minimum absolute atomic E-state index is 0.00671. The Hall–Kier alpha value is -3.99. The summed E-state index contributed by atoms with van der Waals surface area (Å²) in [5.41, 5.74) is 1.15. The number of rotatable bonds is 2. The van der Waals surface area contributed by atoms with E-state index in [9.17, 15) is 31.1 Å². The smallest absolute Gasteiger partial charge is 0.475 e. The van der Waals surface area contributed by atoms with Crippen LogP contribution in [0.15, 0.2) is 49.1 Å². The molecule has 1 spiro atoms. The number of carbonyl (C=O) groups is 3. The maximum atomic E-state index is 12.8. The van der Waals surface area contributed by atoms with Crippen LogP contribution in [0.4, 0.5) is 32.0 Å². The van der Waals surface area contributed by atoms with Gasteiger partial charge >= 0.3 is 24.3 Å². The predicted octanol–water partition coefficient (Wildman–Crippen LogP) is 2.49. The van der Waals surface area contributed by atoms with E-state index in [1.54, 1.807) is 30.7 Å². The Morgan fingerprint density at radius 2 is 1.45 bits per heavy atom. The van der Waals surface area contributed by atoms with Gasteiger partial charge in [-0.15, -0.1) is 0 Å². The summed E-state index contributed by atoms with van der Waals surface area (Å²) >= 11 is 0. The maximum Gasteiger partial charge on any atom is 0.490 e. The van der Waals surface area contributed by atoms with Crippen LogP contribution in [0.25, 0.3) is 0 Å². The number of ether oxygens (including phenoxy) is 2. The molecule has 2 aromatic heterocycles. The van der Waals surface area contributed by atoms with Crippen molar-refractivity contribution >= 4 is 23.5 Å². The normalized spacial score (nSPS) is 19.4. The van der Waals surface area contributed by atoms with Crippen LogP contribution in [0, 0.1) is 0 Å². The number of pyridine rings is 2. The lowest BCUT2D eigenvalue weighted by Gasteiger charge is -2.43. The Balaban J connectivity index is 0.000000333. The number of carboxylic acid groups (broad SMARTS) is 2. The summed E-state index contributed by atoms with van der Waals surface area (Å²) in [5.74, 6) is -5.51. The molecule has 4 rings (SSSR count). The van der Waals surface area contributed by atoms with Gasteiger partial charge in [-0.05, 0) is 24.3 Å². The second kappa shape index (κ2) is 13.9. The molecule has 2 fully saturated rings. The van der Waals surface area contributed by atoms with E-state index in [0.717, 1.165) is 12.2 Å². The molecule has 2 aliphatic heterocycles. The molecule has 0 radical (unpaired) electrons. The van der Waals surface area contributed by atoms with E-state index in [1.807, 2.05) is 23.2 Å². The number of carboxylic acids is 2. The third-order valence-corrected chi connectivity index (χ3v) is 5.31. The minimum Gasteiger partial charge on any atom is -0.475 e. The topological polar surface area (TPSA) is 142 Å². The highest BCUT2D eigenvalue weighted by molar-refractivity contribution is 5.94. The Labute approximate surface area is 222 Å². The third-order valence-electron chi connectivity index (χ3n) is 5.31. The summed E-state index contributed by atoms with van der Waals surface area (Å²) in [6.45, 7) is 4.12. The van der Waals surface area contributed by atoms with Gasteiger partial charge in [0.25, 0.3) is 5.91 Å². The second-order valence-corrected chi connectivity index (χ2v) is 8.29. The zero-order valence-electron chi connectivity index (χ0n) is 20.6. The number of hydrogen-bond acceptors (Lipinski definition) is 8. The van der Waals surface area contributed by atoms with Crippen molar-refractivity contribution < 1.29 is 60.4 Å². The van der Waals surface area contributed by atoms with Gasteiger partial charge in [0.15, 0.2) is 0 Å². The van der Waals surface area contributed by atoms with Crippen molar-refractivity contribution in [2.45, 2.75) is 18.0 Å². The van der Waals surface area contributed by atoms with Crippen LogP contribution in [0.2, 0.25) is 0 Å². The van der Waals surface area contributed by atoms with Gasteiger partial charge in [-0.2, -0.15) is 26.3 Å². The van der Waals surface area contributed by atoms with E-state index in [1.165, 1.54) is 0 Å². The first-order chi connectivity index (χ1) is 18.6. The molecule has 0 aliphatic carbocycles. The molecular weight excluding hydrogens is 558 g/mol. The highest BCUT2D eigenvalue weighted by Gasteiger charge is 2.42. The second-order valence-electron chi connectivity index (χ2n) is 8.29.